The molecule has 1 atom stereocenters. The van der Waals surface area contributed by atoms with Gasteiger partial charge in [0.25, 0.3) is 0 Å². The molecule has 8 heteroatoms. The summed E-state index contributed by atoms with van der Waals surface area (Å²) >= 11 is 0. The van der Waals surface area contributed by atoms with Crippen molar-refractivity contribution in [2.45, 2.75) is 18.8 Å². The maximum Gasteiger partial charge on any atom is 0.573 e. The van der Waals surface area contributed by atoms with Crippen molar-refractivity contribution >= 4 is 6.03 Å². The van der Waals surface area contributed by atoms with E-state index in [1.807, 2.05) is 0 Å². The van der Waals surface area contributed by atoms with E-state index in [0.717, 1.165) is 12.1 Å². The number of alkyl halides is 3. The average molecular weight is 276 g/mol. The monoisotopic (exact) mass is 276 g/mol. The van der Waals surface area contributed by atoms with E-state index in [4.69, 9.17) is 10.5 Å². The Kier molecular flexibility index (Phi) is 3.41. The molecule has 19 heavy (non-hydrogen) atoms. The van der Waals surface area contributed by atoms with E-state index in [2.05, 4.69) is 10.1 Å². The van der Waals surface area contributed by atoms with Gasteiger partial charge in [-0.05, 0) is 12.1 Å². The molecule has 1 aliphatic rings. The normalized spacial score (nSPS) is 18.2. The first-order valence-corrected chi connectivity index (χ1v) is 5.43. The van der Waals surface area contributed by atoms with Crippen LogP contribution < -0.4 is 20.5 Å². The fourth-order valence-electron chi connectivity index (χ4n) is 1.89. The molecule has 0 radical (unpaired) electrons. The molecule has 1 unspecified atom stereocenters. The molecule has 5 nitrogen and oxygen atoms in total. The Hall–Kier alpha value is -2.12. The summed E-state index contributed by atoms with van der Waals surface area (Å²) in [6, 6.07) is 2.64. The van der Waals surface area contributed by atoms with Crippen molar-refractivity contribution in [3.05, 3.63) is 23.8 Å². The number of primary amides is 1. The Bertz CT molecular complexity index is 491. The second kappa shape index (κ2) is 4.87. The molecule has 1 heterocycles. The molecular weight excluding hydrogens is 265 g/mol. The molecule has 2 rings (SSSR count). The van der Waals surface area contributed by atoms with Crippen LogP contribution in [0.5, 0.6) is 11.5 Å². The van der Waals surface area contributed by atoms with Gasteiger partial charge in [-0.2, -0.15) is 0 Å². The van der Waals surface area contributed by atoms with Gasteiger partial charge in [0.1, 0.15) is 11.5 Å². The average Bonchev–Trinajstić information content (AvgIpc) is 2.26. The summed E-state index contributed by atoms with van der Waals surface area (Å²) in [7, 11) is 0. The number of nitrogens with two attached hydrogens (primary N) is 1. The molecule has 0 aliphatic carbocycles. The highest BCUT2D eigenvalue weighted by atomic mass is 19.4. The summed E-state index contributed by atoms with van der Waals surface area (Å²) in [4.78, 5) is 10.8. The summed E-state index contributed by atoms with van der Waals surface area (Å²) in [5.74, 6) is -0.127. The number of hydrogen-bond donors (Lipinski definition) is 2. The SMILES string of the molecule is NC(=O)NC1CCOc2cc(OC(F)(F)F)ccc21. The van der Waals surface area contributed by atoms with Gasteiger partial charge in [-0.3, -0.25) is 0 Å². The number of rotatable bonds is 2. The Morgan fingerprint density at radius 2 is 2.21 bits per heavy atom. The Labute approximate surface area is 106 Å². The van der Waals surface area contributed by atoms with Gasteiger partial charge in [-0.25, -0.2) is 4.79 Å². The molecule has 104 valence electrons. The van der Waals surface area contributed by atoms with Gasteiger partial charge in [-0.1, -0.05) is 0 Å². The van der Waals surface area contributed by atoms with Crippen LogP contribution >= 0.6 is 0 Å². The van der Waals surface area contributed by atoms with Gasteiger partial charge in [0, 0.05) is 18.1 Å². The molecule has 1 aromatic rings. The predicted molar refractivity (Wildman–Crippen MR) is 58.7 cm³/mol. The first-order chi connectivity index (χ1) is 8.85. The van der Waals surface area contributed by atoms with Gasteiger partial charge < -0.3 is 20.5 Å². The number of fused-ring (bicyclic) bond motifs is 1. The van der Waals surface area contributed by atoms with E-state index in [9.17, 15) is 18.0 Å². The zero-order valence-corrected chi connectivity index (χ0v) is 9.66. The molecular formula is C11H11F3N2O3. The largest absolute Gasteiger partial charge is 0.573 e. The van der Waals surface area contributed by atoms with Crippen molar-refractivity contribution in [1.29, 1.82) is 0 Å². The first kappa shape index (κ1) is 13.3. The Morgan fingerprint density at radius 1 is 1.47 bits per heavy atom. The van der Waals surface area contributed by atoms with Crippen LogP contribution in [0.4, 0.5) is 18.0 Å². The number of ether oxygens (including phenoxy) is 2. The fourth-order valence-corrected chi connectivity index (χ4v) is 1.89. The number of hydrogen-bond acceptors (Lipinski definition) is 3. The molecule has 1 aromatic carbocycles. The summed E-state index contributed by atoms with van der Waals surface area (Å²) in [6.45, 7) is 0.271. The maximum atomic E-state index is 12.1. The van der Waals surface area contributed by atoms with Crippen molar-refractivity contribution in [1.82, 2.24) is 5.32 Å². The van der Waals surface area contributed by atoms with Crippen molar-refractivity contribution in [2.24, 2.45) is 5.73 Å². The predicted octanol–water partition coefficient (Wildman–Crippen LogP) is 2.08. The quantitative estimate of drug-likeness (QED) is 0.868. The summed E-state index contributed by atoms with van der Waals surface area (Å²) in [6.07, 6.45) is -4.26. The lowest BCUT2D eigenvalue weighted by molar-refractivity contribution is -0.274. The van der Waals surface area contributed by atoms with Crippen molar-refractivity contribution < 1.29 is 27.4 Å². The molecule has 0 saturated heterocycles. The zero-order chi connectivity index (χ0) is 14.0. The molecule has 0 spiro atoms. The van der Waals surface area contributed by atoms with E-state index in [1.165, 1.54) is 6.07 Å². The van der Waals surface area contributed by atoms with Crippen molar-refractivity contribution in [3.63, 3.8) is 0 Å². The molecule has 0 fully saturated rings. The van der Waals surface area contributed by atoms with Gasteiger partial charge in [0.05, 0.1) is 12.6 Å². The van der Waals surface area contributed by atoms with Crippen molar-refractivity contribution in [2.75, 3.05) is 6.61 Å². The van der Waals surface area contributed by atoms with E-state index in [-0.39, 0.29) is 24.1 Å². The van der Waals surface area contributed by atoms with Crippen LogP contribution in [0.2, 0.25) is 0 Å². The summed E-state index contributed by atoms with van der Waals surface area (Å²) in [5, 5.41) is 2.50. The van der Waals surface area contributed by atoms with Crippen molar-refractivity contribution in [3.8, 4) is 11.5 Å². The van der Waals surface area contributed by atoms with Crippen LogP contribution in [0.15, 0.2) is 18.2 Å². The first-order valence-electron chi connectivity index (χ1n) is 5.43. The van der Waals surface area contributed by atoms with Crippen LogP contribution in [0.25, 0.3) is 0 Å². The minimum atomic E-state index is -4.76. The topological polar surface area (TPSA) is 73.6 Å². The number of carbonyl (C=O) groups excluding carboxylic acids is 1. The third kappa shape index (κ3) is 3.43. The second-order valence-electron chi connectivity index (χ2n) is 3.95. The minimum Gasteiger partial charge on any atom is -0.493 e. The molecule has 0 bridgehead atoms. The highest BCUT2D eigenvalue weighted by Gasteiger charge is 2.32. The van der Waals surface area contributed by atoms with Crippen LogP contribution in [0, 0.1) is 0 Å². The highest BCUT2D eigenvalue weighted by Crippen LogP contribution is 2.36. The zero-order valence-electron chi connectivity index (χ0n) is 9.66. The highest BCUT2D eigenvalue weighted by molar-refractivity contribution is 5.72. The number of urea groups is 1. The van der Waals surface area contributed by atoms with Crippen LogP contribution in [0.1, 0.15) is 18.0 Å². The molecule has 0 saturated carbocycles. The molecule has 1 aliphatic heterocycles. The lowest BCUT2D eigenvalue weighted by atomic mass is 10.0. The van der Waals surface area contributed by atoms with Gasteiger partial charge in [0.15, 0.2) is 0 Å². The Balaban J connectivity index is 2.23. The lowest BCUT2D eigenvalue weighted by Gasteiger charge is -2.26. The minimum absolute atomic E-state index is 0.242. The number of nitrogens with one attached hydrogen (secondary N) is 1. The molecule has 3 N–H and O–H groups in total. The molecule has 0 aromatic heterocycles. The summed E-state index contributed by atoms with van der Waals surface area (Å²) in [5.41, 5.74) is 5.60. The number of carbonyl (C=O) groups is 1. The molecule has 2 amide bonds. The van der Waals surface area contributed by atoms with E-state index in [0.29, 0.717) is 12.0 Å². The fraction of sp³-hybridized carbons (Fsp3) is 0.364. The Morgan fingerprint density at radius 3 is 2.84 bits per heavy atom. The maximum absolute atomic E-state index is 12.1. The third-order valence-electron chi connectivity index (χ3n) is 2.57. The van der Waals surface area contributed by atoms with E-state index >= 15 is 0 Å². The van der Waals surface area contributed by atoms with Gasteiger partial charge >= 0.3 is 12.4 Å². The van der Waals surface area contributed by atoms with E-state index < -0.39 is 12.4 Å². The number of halogens is 3. The van der Waals surface area contributed by atoms with Crippen LogP contribution in [-0.2, 0) is 0 Å². The number of benzene rings is 1. The van der Waals surface area contributed by atoms with Crippen LogP contribution in [0.3, 0.4) is 0 Å². The third-order valence-corrected chi connectivity index (χ3v) is 2.57. The lowest BCUT2D eigenvalue weighted by Crippen LogP contribution is -2.35. The number of amides is 2. The van der Waals surface area contributed by atoms with Gasteiger partial charge in [-0.15, -0.1) is 13.2 Å². The second-order valence-corrected chi connectivity index (χ2v) is 3.95. The standard InChI is InChI=1S/C11H11F3N2O3/c12-11(13,14)19-6-1-2-7-8(16-10(15)17)3-4-18-9(7)5-6/h1-2,5,8H,3-4H2,(H3,15,16,17). The van der Waals surface area contributed by atoms with Crippen LogP contribution in [-0.4, -0.2) is 19.0 Å². The van der Waals surface area contributed by atoms with E-state index in [1.54, 1.807) is 0 Å². The summed E-state index contributed by atoms with van der Waals surface area (Å²) < 4.78 is 45.3. The smallest absolute Gasteiger partial charge is 0.493 e. The van der Waals surface area contributed by atoms with Gasteiger partial charge in [0.2, 0.25) is 0 Å².